The zero-order valence-electron chi connectivity index (χ0n) is 10.7. The molecule has 1 atom stereocenters. The van der Waals surface area contributed by atoms with Crippen LogP contribution in [-0.4, -0.2) is 0 Å². The second-order valence-corrected chi connectivity index (χ2v) is 4.90. The van der Waals surface area contributed by atoms with Crippen molar-refractivity contribution in [2.45, 2.75) is 46.5 Å². The summed E-state index contributed by atoms with van der Waals surface area (Å²) in [6.07, 6.45) is 4.73. The Morgan fingerprint density at radius 1 is 1.44 bits per heavy atom. The fourth-order valence-corrected chi connectivity index (χ4v) is 2.15. The van der Waals surface area contributed by atoms with E-state index in [9.17, 15) is 0 Å². The number of hydrogen-bond acceptors (Lipinski definition) is 0. The van der Waals surface area contributed by atoms with Gasteiger partial charge in [0.2, 0.25) is 0 Å². The van der Waals surface area contributed by atoms with Gasteiger partial charge in [0.05, 0.1) is 0 Å². The van der Waals surface area contributed by atoms with E-state index in [-0.39, 0.29) is 0 Å². The molecule has 0 nitrogen and oxygen atoms in total. The first kappa shape index (κ1) is 13.3. The van der Waals surface area contributed by atoms with Crippen LogP contribution in [0.3, 0.4) is 0 Å². The van der Waals surface area contributed by atoms with Crippen molar-refractivity contribution in [2.75, 3.05) is 0 Å². The van der Waals surface area contributed by atoms with Gasteiger partial charge in [-0.3, -0.25) is 0 Å². The van der Waals surface area contributed by atoms with Crippen LogP contribution in [0, 0.1) is 6.92 Å². The van der Waals surface area contributed by atoms with Gasteiger partial charge < -0.3 is 0 Å². The van der Waals surface area contributed by atoms with Gasteiger partial charge in [-0.1, -0.05) is 49.6 Å². The molecular formula is C15H21Cl. The minimum atomic E-state index is 0.490. The average molecular weight is 237 g/mol. The minimum absolute atomic E-state index is 0.490. The predicted molar refractivity (Wildman–Crippen MR) is 73.3 cm³/mol. The molecule has 88 valence electrons. The zero-order valence-corrected chi connectivity index (χ0v) is 11.4. The molecule has 1 heteroatoms. The van der Waals surface area contributed by atoms with Gasteiger partial charge in [-0.05, 0) is 43.5 Å². The number of benzene rings is 1. The molecule has 0 aromatic heterocycles. The summed E-state index contributed by atoms with van der Waals surface area (Å²) in [7, 11) is 0. The van der Waals surface area contributed by atoms with Crippen molar-refractivity contribution < 1.29 is 0 Å². The zero-order chi connectivity index (χ0) is 12.1. The molecular weight excluding hydrogens is 216 g/mol. The van der Waals surface area contributed by atoms with Gasteiger partial charge >= 0.3 is 0 Å². The van der Waals surface area contributed by atoms with Crippen molar-refractivity contribution in [3.05, 3.63) is 46.0 Å². The van der Waals surface area contributed by atoms with Crippen molar-refractivity contribution >= 4 is 11.6 Å². The molecule has 0 saturated heterocycles. The highest BCUT2D eigenvalue weighted by Crippen LogP contribution is 2.28. The predicted octanol–water partition coefficient (Wildman–Crippen LogP) is 5.50. The molecule has 0 amide bonds. The fraction of sp³-hybridized carbons (Fsp3) is 0.467. The van der Waals surface area contributed by atoms with Gasteiger partial charge in [-0.25, -0.2) is 0 Å². The van der Waals surface area contributed by atoms with Gasteiger partial charge in [0, 0.05) is 10.9 Å². The molecule has 0 aliphatic rings. The van der Waals surface area contributed by atoms with Crippen LogP contribution in [-0.2, 0) is 0 Å². The Kier molecular flexibility index (Phi) is 5.08. The number of unbranched alkanes of at least 4 members (excludes halogenated alkanes) is 1. The number of halogens is 1. The molecule has 1 aromatic rings. The largest absolute Gasteiger partial charge is 0.0850 e. The molecule has 0 fully saturated rings. The van der Waals surface area contributed by atoms with E-state index in [1.165, 1.54) is 29.5 Å². The first-order chi connectivity index (χ1) is 7.56. The van der Waals surface area contributed by atoms with Crippen LogP contribution in [0.2, 0.25) is 5.02 Å². The maximum absolute atomic E-state index is 5.97. The highest BCUT2D eigenvalue weighted by atomic mass is 35.5. The molecule has 0 spiro atoms. The highest BCUT2D eigenvalue weighted by molar-refractivity contribution is 6.30. The topological polar surface area (TPSA) is 0 Å². The third-order valence-electron chi connectivity index (χ3n) is 3.14. The van der Waals surface area contributed by atoms with Crippen molar-refractivity contribution in [2.24, 2.45) is 0 Å². The molecule has 0 saturated carbocycles. The van der Waals surface area contributed by atoms with E-state index in [1.807, 2.05) is 12.1 Å². The Labute approximate surface area is 104 Å². The maximum atomic E-state index is 5.97. The molecule has 0 N–H and O–H groups in total. The third kappa shape index (κ3) is 3.38. The molecule has 1 unspecified atom stereocenters. The normalized spacial score (nSPS) is 13.9. The SMILES string of the molecule is CCC/C=C(\C)C(C)c1ccc(Cl)cc1C. The molecule has 0 aliphatic carbocycles. The summed E-state index contributed by atoms with van der Waals surface area (Å²) < 4.78 is 0. The summed E-state index contributed by atoms with van der Waals surface area (Å²) in [6, 6.07) is 6.17. The van der Waals surface area contributed by atoms with E-state index in [0.717, 1.165) is 5.02 Å². The Balaban J connectivity index is 2.91. The summed E-state index contributed by atoms with van der Waals surface area (Å²) in [5.41, 5.74) is 4.12. The van der Waals surface area contributed by atoms with E-state index in [1.54, 1.807) is 0 Å². The number of rotatable bonds is 4. The Bertz CT molecular complexity index is 377. The number of aryl methyl sites for hydroxylation is 1. The van der Waals surface area contributed by atoms with Crippen LogP contribution in [0.25, 0.3) is 0 Å². The van der Waals surface area contributed by atoms with E-state index >= 15 is 0 Å². The number of allylic oxidation sites excluding steroid dienone is 2. The molecule has 0 radical (unpaired) electrons. The fourth-order valence-electron chi connectivity index (χ4n) is 1.92. The Morgan fingerprint density at radius 2 is 2.12 bits per heavy atom. The first-order valence-electron chi connectivity index (χ1n) is 5.99. The molecule has 1 aromatic carbocycles. The lowest BCUT2D eigenvalue weighted by Gasteiger charge is -2.16. The summed E-state index contributed by atoms with van der Waals surface area (Å²) in [5, 5.41) is 0.823. The van der Waals surface area contributed by atoms with Crippen LogP contribution < -0.4 is 0 Å². The summed E-state index contributed by atoms with van der Waals surface area (Å²) in [4.78, 5) is 0. The van der Waals surface area contributed by atoms with Crippen LogP contribution in [0.4, 0.5) is 0 Å². The van der Waals surface area contributed by atoms with Crippen LogP contribution in [0.5, 0.6) is 0 Å². The van der Waals surface area contributed by atoms with E-state index in [2.05, 4.69) is 39.8 Å². The van der Waals surface area contributed by atoms with E-state index < -0.39 is 0 Å². The first-order valence-corrected chi connectivity index (χ1v) is 6.36. The average Bonchev–Trinajstić information content (AvgIpc) is 2.25. The van der Waals surface area contributed by atoms with Crippen molar-refractivity contribution in [1.82, 2.24) is 0 Å². The summed E-state index contributed by atoms with van der Waals surface area (Å²) in [5.74, 6) is 0.490. The maximum Gasteiger partial charge on any atom is 0.0408 e. The molecule has 16 heavy (non-hydrogen) atoms. The Morgan fingerprint density at radius 3 is 2.69 bits per heavy atom. The summed E-state index contributed by atoms with van der Waals surface area (Å²) >= 11 is 5.97. The van der Waals surface area contributed by atoms with Crippen LogP contribution in [0.1, 0.15) is 50.7 Å². The quantitative estimate of drug-likeness (QED) is 0.606. The molecule has 0 aliphatic heterocycles. The summed E-state index contributed by atoms with van der Waals surface area (Å²) in [6.45, 7) is 8.82. The second kappa shape index (κ2) is 6.10. The van der Waals surface area contributed by atoms with Gasteiger partial charge in [0.1, 0.15) is 0 Å². The van der Waals surface area contributed by atoms with E-state index in [4.69, 9.17) is 11.6 Å². The standard InChI is InChI=1S/C15H21Cl/c1-5-6-7-11(2)13(4)15-9-8-14(16)10-12(15)3/h7-10,13H,5-6H2,1-4H3/b11-7+. The van der Waals surface area contributed by atoms with Crippen LogP contribution in [0.15, 0.2) is 29.8 Å². The van der Waals surface area contributed by atoms with Gasteiger partial charge in [0.15, 0.2) is 0 Å². The Hall–Kier alpha value is -0.750. The number of hydrogen-bond donors (Lipinski definition) is 0. The second-order valence-electron chi connectivity index (χ2n) is 4.46. The lowest BCUT2D eigenvalue weighted by Crippen LogP contribution is -1.98. The minimum Gasteiger partial charge on any atom is -0.0850 e. The van der Waals surface area contributed by atoms with Gasteiger partial charge in [0.25, 0.3) is 0 Å². The molecule has 0 bridgehead atoms. The molecule has 1 rings (SSSR count). The third-order valence-corrected chi connectivity index (χ3v) is 3.37. The highest BCUT2D eigenvalue weighted by Gasteiger charge is 2.09. The van der Waals surface area contributed by atoms with Gasteiger partial charge in [-0.15, -0.1) is 0 Å². The van der Waals surface area contributed by atoms with Crippen molar-refractivity contribution in [1.29, 1.82) is 0 Å². The monoisotopic (exact) mass is 236 g/mol. The van der Waals surface area contributed by atoms with Crippen LogP contribution >= 0.6 is 11.6 Å². The van der Waals surface area contributed by atoms with E-state index in [0.29, 0.717) is 5.92 Å². The van der Waals surface area contributed by atoms with Gasteiger partial charge in [-0.2, -0.15) is 0 Å². The molecule has 0 heterocycles. The lowest BCUT2D eigenvalue weighted by atomic mass is 9.90. The lowest BCUT2D eigenvalue weighted by molar-refractivity contribution is 0.855. The van der Waals surface area contributed by atoms with Crippen molar-refractivity contribution in [3.63, 3.8) is 0 Å². The smallest absolute Gasteiger partial charge is 0.0408 e. The van der Waals surface area contributed by atoms with Crippen molar-refractivity contribution in [3.8, 4) is 0 Å².